The van der Waals surface area contributed by atoms with Crippen LogP contribution in [0.2, 0.25) is 0 Å². The van der Waals surface area contributed by atoms with E-state index in [1.807, 2.05) is 0 Å². The molecule has 4 rings (SSSR count). The predicted octanol–water partition coefficient (Wildman–Crippen LogP) is 1.88. The van der Waals surface area contributed by atoms with E-state index in [1.165, 1.54) is 22.9 Å². The van der Waals surface area contributed by atoms with Crippen LogP contribution < -0.4 is 22.5 Å². The minimum Gasteiger partial charge on any atom is -0.338 e. The maximum atomic E-state index is 15.1. The summed E-state index contributed by atoms with van der Waals surface area (Å²) in [5.74, 6) is -0.460. The molecule has 1 aromatic heterocycles. The zero-order valence-electron chi connectivity index (χ0n) is 23.6. The highest BCUT2D eigenvalue weighted by Gasteiger charge is 2.31. The number of nitrogens with zero attached hydrogens (tertiary/aromatic N) is 5. The van der Waals surface area contributed by atoms with Crippen LogP contribution in [-0.2, 0) is 11.3 Å². The fraction of sp³-hybridized carbons (Fsp3) is 0.571. The summed E-state index contributed by atoms with van der Waals surface area (Å²) in [6, 6.07) is 6.48. The van der Waals surface area contributed by atoms with Gasteiger partial charge >= 0.3 is 11.7 Å². The lowest BCUT2D eigenvalue weighted by molar-refractivity contribution is -0.137. The topological polar surface area (TPSA) is 143 Å². The van der Waals surface area contributed by atoms with Crippen molar-refractivity contribution in [3.63, 3.8) is 0 Å². The van der Waals surface area contributed by atoms with Crippen molar-refractivity contribution in [2.24, 2.45) is 11.5 Å². The molecule has 0 atom stereocenters. The third-order valence-corrected chi connectivity index (χ3v) is 7.80. The van der Waals surface area contributed by atoms with Crippen LogP contribution in [0.5, 0.6) is 0 Å². The van der Waals surface area contributed by atoms with Gasteiger partial charge in [0.25, 0.3) is 0 Å². The van der Waals surface area contributed by atoms with Crippen LogP contribution in [0.4, 0.5) is 15.0 Å². The Balaban J connectivity index is 1.37. The van der Waals surface area contributed by atoms with E-state index in [-0.39, 0.29) is 23.6 Å². The van der Waals surface area contributed by atoms with Gasteiger partial charge in [0.2, 0.25) is 5.91 Å². The van der Waals surface area contributed by atoms with E-state index in [1.54, 1.807) is 35.8 Å². The number of nitrogens with one attached hydrogen (secondary N) is 1. The van der Waals surface area contributed by atoms with Gasteiger partial charge < -0.3 is 21.3 Å². The van der Waals surface area contributed by atoms with Crippen molar-refractivity contribution >= 4 is 17.8 Å². The molecule has 0 radical (unpaired) electrons. The highest BCUT2D eigenvalue weighted by molar-refractivity contribution is 5.89. The number of halogens is 1. The normalized spacial score (nSPS) is 20.1. The number of carbonyl (C=O) groups excluding carboxylic acids is 2. The number of anilines is 1. The summed E-state index contributed by atoms with van der Waals surface area (Å²) in [7, 11) is 0. The number of aromatic nitrogens is 2. The molecule has 2 aromatic rings. The number of hydrogen-bond donors (Lipinski definition) is 3. The van der Waals surface area contributed by atoms with Gasteiger partial charge in [-0.1, -0.05) is 13.0 Å². The molecule has 12 heteroatoms. The number of amides is 3. The van der Waals surface area contributed by atoms with Gasteiger partial charge in [-0.3, -0.25) is 19.6 Å². The first-order chi connectivity index (χ1) is 19.0. The van der Waals surface area contributed by atoms with Crippen molar-refractivity contribution in [2.75, 3.05) is 38.0 Å². The maximum Gasteiger partial charge on any atom is 0.354 e. The second-order valence-electron chi connectivity index (χ2n) is 11.3. The van der Waals surface area contributed by atoms with Crippen molar-refractivity contribution in [2.45, 2.75) is 70.6 Å². The molecule has 0 spiro atoms. The van der Waals surface area contributed by atoms with E-state index >= 15 is 4.39 Å². The van der Waals surface area contributed by atoms with Crippen LogP contribution in [0.25, 0.3) is 5.69 Å². The summed E-state index contributed by atoms with van der Waals surface area (Å²) in [4.78, 5) is 47.3. The Kier molecular flexibility index (Phi) is 9.22. The smallest absolute Gasteiger partial charge is 0.338 e. The van der Waals surface area contributed by atoms with Crippen LogP contribution in [-0.4, -0.2) is 86.5 Å². The lowest BCUT2D eigenvalue weighted by Gasteiger charge is -2.37. The summed E-state index contributed by atoms with van der Waals surface area (Å²) < 4.78 is 16.4. The van der Waals surface area contributed by atoms with Crippen LogP contribution in [0, 0.1) is 5.82 Å². The average Bonchev–Trinajstić information content (AvgIpc) is 2.92. The Bertz CT molecular complexity index is 1260. The Hall–Kier alpha value is -3.35. The molecule has 1 aliphatic heterocycles. The molecule has 1 aromatic carbocycles. The van der Waals surface area contributed by atoms with Crippen molar-refractivity contribution in [1.29, 1.82) is 0 Å². The molecule has 1 saturated carbocycles. The Morgan fingerprint density at radius 3 is 2.33 bits per heavy atom. The Labute approximate surface area is 234 Å². The van der Waals surface area contributed by atoms with Crippen LogP contribution in [0.3, 0.4) is 0 Å². The number of hydrogen-bond acceptors (Lipinski definition) is 7. The molecule has 5 N–H and O–H groups in total. The zero-order chi connectivity index (χ0) is 29.0. The minimum absolute atomic E-state index is 0.0933. The maximum absolute atomic E-state index is 15.1. The number of benzene rings is 1. The summed E-state index contributed by atoms with van der Waals surface area (Å²) >= 11 is 0. The monoisotopic (exact) mass is 556 g/mol. The van der Waals surface area contributed by atoms with E-state index in [2.05, 4.69) is 22.1 Å². The van der Waals surface area contributed by atoms with Crippen LogP contribution >= 0.6 is 0 Å². The summed E-state index contributed by atoms with van der Waals surface area (Å²) in [6.07, 6.45) is 5.46. The van der Waals surface area contributed by atoms with Crippen molar-refractivity contribution in [3.8, 4) is 5.69 Å². The van der Waals surface area contributed by atoms with E-state index < -0.39 is 17.3 Å². The third kappa shape index (κ3) is 7.04. The van der Waals surface area contributed by atoms with Crippen molar-refractivity contribution in [1.82, 2.24) is 24.3 Å². The number of carbonyl (C=O) groups is 2. The molecule has 2 fully saturated rings. The Morgan fingerprint density at radius 1 is 1.10 bits per heavy atom. The quantitative estimate of drug-likeness (QED) is 0.473. The second-order valence-corrected chi connectivity index (χ2v) is 11.3. The zero-order valence-corrected chi connectivity index (χ0v) is 23.6. The summed E-state index contributed by atoms with van der Waals surface area (Å²) in [5.41, 5.74) is 11.3. The molecule has 0 unspecified atom stereocenters. The van der Waals surface area contributed by atoms with Gasteiger partial charge in [0, 0.05) is 56.6 Å². The second kappa shape index (κ2) is 12.4. The van der Waals surface area contributed by atoms with E-state index in [0.717, 1.165) is 32.2 Å². The lowest BCUT2D eigenvalue weighted by Crippen LogP contribution is -2.58. The van der Waals surface area contributed by atoms with E-state index in [0.29, 0.717) is 50.0 Å². The SMILES string of the molecule is CCN(Cc1ccc(-n2ccc(NC(=O)N3CCN(C(=O)C(C)(C)N)CC3)nc2=O)cc1F)C1CCC(N)CC1. The molecule has 1 aliphatic carbocycles. The van der Waals surface area contributed by atoms with Gasteiger partial charge in [0.15, 0.2) is 0 Å². The standard InChI is InChI=1S/C28H41FN8O3/c1-4-34(21-9-6-20(30)7-10-21)18-19-5-8-22(17-23(19)29)37-12-11-24(33-27(37)40)32-26(39)36-15-13-35(14-16-36)25(38)28(2,3)31/h5,8,11-12,17,20-21H,4,6-7,9-10,13-16,18,30-31H2,1-3H3,(H,32,33,39,40). The van der Waals surface area contributed by atoms with Gasteiger partial charge in [-0.25, -0.2) is 14.0 Å². The van der Waals surface area contributed by atoms with Crippen molar-refractivity contribution < 1.29 is 14.0 Å². The first-order valence-corrected chi connectivity index (χ1v) is 14.0. The van der Waals surface area contributed by atoms with Gasteiger partial charge in [-0.15, -0.1) is 0 Å². The third-order valence-electron chi connectivity index (χ3n) is 7.80. The number of nitrogens with two attached hydrogens (primary N) is 2. The number of rotatable bonds is 7. The highest BCUT2D eigenvalue weighted by atomic mass is 19.1. The average molecular weight is 557 g/mol. The number of urea groups is 1. The molecule has 2 heterocycles. The first-order valence-electron chi connectivity index (χ1n) is 14.0. The molecule has 1 saturated heterocycles. The van der Waals surface area contributed by atoms with Gasteiger partial charge in [-0.05, 0) is 64.3 Å². The van der Waals surface area contributed by atoms with Crippen LogP contribution in [0.1, 0.15) is 52.0 Å². The predicted molar refractivity (Wildman–Crippen MR) is 152 cm³/mol. The molecule has 218 valence electrons. The lowest BCUT2D eigenvalue weighted by atomic mass is 9.90. The van der Waals surface area contributed by atoms with Crippen LogP contribution in [0.15, 0.2) is 35.3 Å². The molecule has 3 amide bonds. The Morgan fingerprint density at radius 2 is 1.75 bits per heavy atom. The first kappa shape index (κ1) is 29.6. The molecule has 2 aliphatic rings. The van der Waals surface area contributed by atoms with Crippen molar-refractivity contribution in [3.05, 3.63) is 52.3 Å². The molecular weight excluding hydrogens is 515 g/mol. The van der Waals surface area contributed by atoms with E-state index in [9.17, 15) is 14.4 Å². The molecule has 11 nitrogen and oxygen atoms in total. The molecular formula is C28H41FN8O3. The van der Waals surface area contributed by atoms with E-state index in [4.69, 9.17) is 11.5 Å². The molecule has 0 bridgehead atoms. The van der Waals surface area contributed by atoms with Gasteiger partial charge in [0.1, 0.15) is 11.6 Å². The van der Waals surface area contributed by atoms with Gasteiger partial charge in [0.05, 0.1) is 11.2 Å². The van der Waals surface area contributed by atoms with Gasteiger partial charge in [-0.2, -0.15) is 4.98 Å². The fourth-order valence-electron chi connectivity index (χ4n) is 5.38. The molecule has 40 heavy (non-hydrogen) atoms. The summed E-state index contributed by atoms with van der Waals surface area (Å²) in [6.45, 7) is 8.10. The minimum atomic E-state index is -0.971. The summed E-state index contributed by atoms with van der Waals surface area (Å²) in [5, 5.41) is 2.63. The highest BCUT2D eigenvalue weighted by Crippen LogP contribution is 2.25. The fourth-order valence-corrected chi connectivity index (χ4v) is 5.38. The number of piperazine rings is 1. The largest absolute Gasteiger partial charge is 0.354 e.